The van der Waals surface area contributed by atoms with Crippen molar-refractivity contribution in [3.63, 3.8) is 0 Å². The number of carbonyl (C=O) groups excluding carboxylic acids is 3. The van der Waals surface area contributed by atoms with Crippen molar-refractivity contribution in [2.75, 3.05) is 24.6 Å². The Morgan fingerprint density at radius 2 is 1.78 bits per heavy atom. The first kappa shape index (κ1) is 21.8. The lowest BCUT2D eigenvalue weighted by molar-refractivity contribution is -0.139. The molecule has 4 amide bonds. The highest BCUT2D eigenvalue weighted by Gasteiger charge is 2.40. The number of ether oxygens (including phenoxy) is 1. The lowest BCUT2D eigenvalue weighted by atomic mass is 10.1. The summed E-state index contributed by atoms with van der Waals surface area (Å²) in [4.78, 5) is 39.7. The molecule has 2 saturated heterocycles. The Bertz CT molecular complexity index is 1030. The fourth-order valence-corrected chi connectivity index (χ4v) is 3.81. The second-order valence-electron chi connectivity index (χ2n) is 7.55. The molecule has 2 heterocycles. The van der Waals surface area contributed by atoms with Gasteiger partial charge in [-0.2, -0.15) is 0 Å². The van der Waals surface area contributed by atoms with Crippen LogP contribution in [0.2, 0.25) is 0 Å². The molecule has 0 spiro atoms. The summed E-state index contributed by atoms with van der Waals surface area (Å²) in [7, 11) is 0. The van der Waals surface area contributed by atoms with Crippen LogP contribution in [0, 0.1) is 17.5 Å². The van der Waals surface area contributed by atoms with Crippen molar-refractivity contribution >= 4 is 23.5 Å². The number of urea groups is 1. The SMILES string of the molecule is O=C(CC[C@@H]1NC(=O)N(c2cc(F)c(F)c(F)c2)C1=O)N1CCO[C@@H](c2ccccc2)C1. The van der Waals surface area contributed by atoms with Crippen LogP contribution in [0.1, 0.15) is 24.5 Å². The molecule has 168 valence electrons. The third-order valence-electron chi connectivity index (χ3n) is 5.48. The third-order valence-corrected chi connectivity index (χ3v) is 5.48. The maximum absolute atomic E-state index is 13.5. The van der Waals surface area contributed by atoms with E-state index in [2.05, 4.69) is 5.32 Å². The smallest absolute Gasteiger partial charge is 0.329 e. The van der Waals surface area contributed by atoms with E-state index in [1.54, 1.807) is 4.90 Å². The molecule has 2 aromatic rings. The highest BCUT2D eigenvalue weighted by Crippen LogP contribution is 2.26. The number of halogens is 3. The van der Waals surface area contributed by atoms with E-state index in [1.165, 1.54) is 0 Å². The van der Waals surface area contributed by atoms with E-state index in [9.17, 15) is 27.6 Å². The van der Waals surface area contributed by atoms with Gasteiger partial charge in [0, 0.05) is 25.1 Å². The Morgan fingerprint density at radius 3 is 2.47 bits per heavy atom. The first-order chi connectivity index (χ1) is 15.3. The topological polar surface area (TPSA) is 79.0 Å². The maximum Gasteiger partial charge on any atom is 0.329 e. The van der Waals surface area contributed by atoms with Crippen LogP contribution in [0.3, 0.4) is 0 Å². The number of hydrogen-bond donors (Lipinski definition) is 1. The number of nitrogens with one attached hydrogen (secondary N) is 1. The monoisotopic (exact) mass is 447 g/mol. The molecule has 0 aliphatic carbocycles. The van der Waals surface area contributed by atoms with Crippen molar-refractivity contribution in [3.8, 4) is 0 Å². The molecule has 2 aliphatic rings. The van der Waals surface area contributed by atoms with Crippen LogP contribution in [-0.4, -0.2) is 48.5 Å². The number of benzene rings is 2. The normalized spacial score (nSPS) is 21.1. The third kappa shape index (κ3) is 4.31. The molecule has 7 nitrogen and oxygen atoms in total. The van der Waals surface area contributed by atoms with E-state index < -0.39 is 41.1 Å². The van der Waals surface area contributed by atoms with Gasteiger partial charge in [0.05, 0.1) is 18.8 Å². The number of hydrogen-bond acceptors (Lipinski definition) is 4. The largest absolute Gasteiger partial charge is 0.370 e. The number of rotatable bonds is 5. The zero-order valence-corrected chi connectivity index (χ0v) is 16.9. The minimum Gasteiger partial charge on any atom is -0.370 e. The second-order valence-corrected chi connectivity index (χ2v) is 7.55. The standard InChI is InChI=1S/C22H20F3N3O4/c23-15-10-14(11-16(24)20(15)25)28-21(30)17(26-22(28)31)6-7-19(29)27-8-9-32-18(12-27)13-4-2-1-3-5-13/h1-5,10-11,17-18H,6-9,12H2,(H,26,31)/t17-,18+/m0/s1. The number of morpholine rings is 1. The quantitative estimate of drug-likeness (QED) is 0.565. The Labute approximate surface area is 181 Å². The predicted octanol–water partition coefficient (Wildman–Crippen LogP) is 2.91. The number of nitrogens with zero attached hydrogens (tertiary/aromatic N) is 2. The summed E-state index contributed by atoms with van der Waals surface area (Å²) < 4.78 is 46.0. The van der Waals surface area contributed by atoms with Gasteiger partial charge in [-0.3, -0.25) is 9.59 Å². The van der Waals surface area contributed by atoms with E-state index in [0.29, 0.717) is 36.7 Å². The zero-order valence-electron chi connectivity index (χ0n) is 16.9. The molecule has 1 N–H and O–H groups in total. The van der Waals surface area contributed by atoms with Gasteiger partial charge < -0.3 is 15.0 Å². The second kappa shape index (κ2) is 8.99. The molecule has 2 atom stereocenters. The van der Waals surface area contributed by atoms with Gasteiger partial charge in [-0.25, -0.2) is 22.9 Å². The van der Waals surface area contributed by atoms with Gasteiger partial charge in [0.15, 0.2) is 17.5 Å². The average Bonchev–Trinajstić information content (AvgIpc) is 3.09. The summed E-state index contributed by atoms with van der Waals surface area (Å²) in [5.74, 6) is -5.69. The minimum atomic E-state index is -1.69. The number of imide groups is 1. The van der Waals surface area contributed by atoms with Crippen LogP contribution >= 0.6 is 0 Å². The van der Waals surface area contributed by atoms with Crippen molar-refractivity contribution in [3.05, 3.63) is 65.5 Å². The fraction of sp³-hybridized carbons (Fsp3) is 0.318. The maximum atomic E-state index is 13.5. The van der Waals surface area contributed by atoms with E-state index in [1.807, 2.05) is 30.3 Å². The number of anilines is 1. The molecular formula is C22H20F3N3O4. The highest BCUT2D eigenvalue weighted by atomic mass is 19.2. The van der Waals surface area contributed by atoms with Crippen molar-refractivity contribution in [2.45, 2.75) is 25.0 Å². The zero-order chi connectivity index (χ0) is 22.8. The van der Waals surface area contributed by atoms with E-state index in [-0.39, 0.29) is 24.9 Å². The first-order valence-electron chi connectivity index (χ1n) is 10.1. The average molecular weight is 447 g/mol. The van der Waals surface area contributed by atoms with Crippen molar-refractivity contribution < 1.29 is 32.3 Å². The van der Waals surface area contributed by atoms with Crippen LogP contribution in [0.5, 0.6) is 0 Å². The number of carbonyl (C=O) groups is 3. The molecule has 32 heavy (non-hydrogen) atoms. The first-order valence-corrected chi connectivity index (χ1v) is 10.1. The summed E-state index contributed by atoms with van der Waals surface area (Å²) >= 11 is 0. The van der Waals surface area contributed by atoms with Gasteiger partial charge in [-0.1, -0.05) is 30.3 Å². The van der Waals surface area contributed by atoms with Gasteiger partial charge in [0.1, 0.15) is 12.1 Å². The Morgan fingerprint density at radius 1 is 1.09 bits per heavy atom. The van der Waals surface area contributed by atoms with Crippen LogP contribution in [-0.2, 0) is 14.3 Å². The molecule has 0 bridgehead atoms. The van der Waals surface area contributed by atoms with Gasteiger partial charge >= 0.3 is 6.03 Å². The molecule has 4 rings (SSSR count). The van der Waals surface area contributed by atoms with E-state index in [4.69, 9.17) is 4.74 Å². The lowest BCUT2D eigenvalue weighted by Gasteiger charge is -2.33. The Hall–Kier alpha value is -3.40. The van der Waals surface area contributed by atoms with Gasteiger partial charge in [-0.15, -0.1) is 0 Å². The lowest BCUT2D eigenvalue weighted by Crippen LogP contribution is -2.43. The molecule has 10 heteroatoms. The summed E-state index contributed by atoms with van der Waals surface area (Å²) in [5.41, 5.74) is 0.536. The highest BCUT2D eigenvalue weighted by molar-refractivity contribution is 6.21. The summed E-state index contributed by atoms with van der Waals surface area (Å²) in [6.07, 6.45) is -0.252. The molecule has 2 aromatic carbocycles. The van der Waals surface area contributed by atoms with Crippen molar-refractivity contribution in [1.82, 2.24) is 10.2 Å². The van der Waals surface area contributed by atoms with Gasteiger partial charge in [0.2, 0.25) is 5.91 Å². The summed E-state index contributed by atoms with van der Waals surface area (Å²) in [6.45, 7) is 1.15. The number of amides is 4. The van der Waals surface area contributed by atoms with E-state index >= 15 is 0 Å². The Kier molecular flexibility index (Phi) is 6.13. The summed E-state index contributed by atoms with van der Waals surface area (Å²) in [5, 5.41) is 2.40. The van der Waals surface area contributed by atoms with Crippen molar-refractivity contribution in [2.24, 2.45) is 0 Å². The predicted molar refractivity (Wildman–Crippen MR) is 107 cm³/mol. The minimum absolute atomic E-state index is 0.0133. The van der Waals surface area contributed by atoms with Crippen LogP contribution in [0.15, 0.2) is 42.5 Å². The fourth-order valence-electron chi connectivity index (χ4n) is 3.81. The molecule has 0 saturated carbocycles. The summed E-state index contributed by atoms with van der Waals surface area (Å²) in [6, 6.07) is 8.71. The van der Waals surface area contributed by atoms with Gasteiger partial charge in [-0.05, 0) is 12.0 Å². The van der Waals surface area contributed by atoms with Crippen LogP contribution < -0.4 is 10.2 Å². The Balaban J connectivity index is 1.37. The van der Waals surface area contributed by atoms with Crippen molar-refractivity contribution in [1.29, 1.82) is 0 Å². The molecule has 0 unspecified atom stereocenters. The molecule has 2 fully saturated rings. The van der Waals surface area contributed by atoms with Crippen LogP contribution in [0.4, 0.5) is 23.7 Å². The molecule has 0 aromatic heterocycles. The molecular weight excluding hydrogens is 427 g/mol. The molecule has 0 radical (unpaired) electrons. The molecule has 2 aliphatic heterocycles. The van der Waals surface area contributed by atoms with Crippen LogP contribution in [0.25, 0.3) is 0 Å². The van der Waals surface area contributed by atoms with Gasteiger partial charge in [0.25, 0.3) is 5.91 Å². The van der Waals surface area contributed by atoms with E-state index in [0.717, 1.165) is 5.56 Å².